The molecule has 0 unspecified atom stereocenters. The van der Waals surface area contributed by atoms with Crippen molar-refractivity contribution in [3.63, 3.8) is 0 Å². The number of aromatic nitrogens is 2. The number of methoxy groups -OCH3 is 1. The number of rotatable bonds is 3. The van der Waals surface area contributed by atoms with Crippen LogP contribution in [-0.4, -0.2) is 54.1 Å². The zero-order valence-corrected chi connectivity index (χ0v) is 13.5. The van der Waals surface area contributed by atoms with Gasteiger partial charge in [-0.1, -0.05) is 11.6 Å². The molecule has 7 heteroatoms. The van der Waals surface area contributed by atoms with E-state index in [9.17, 15) is 4.79 Å². The van der Waals surface area contributed by atoms with Gasteiger partial charge in [-0.25, -0.2) is 9.97 Å². The molecule has 1 aliphatic rings. The van der Waals surface area contributed by atoms with Crippen molar-refractivity contribution >= 4 is 23.5 Å². The Morgan fingerprint density at radius 1 is 1.17 bits per heavy atom. The number of carbonyl (C=O) groups excluding carboxylic acids is 1. The van der Waals surface area contributed by atoms with Crippen molar-refractivity contribution in [1.82, 2.24) is 14.9 Å². The first kappa shape index (κ1) is 15.6. The second-order valence-electron chi connectivity index (χ2n) is 5.18. The number of amides is 1. The van der Waals surface area contributed by atoms with Gasteiger partial charge in [-0.3, -0.25) is 4.79 Å². The Bertz CT molecular complexity index is 688. The minimum atomic E-state index is -0.0248. The van der Waals surface area contributed by atoms with Gasteiger partial charge in [0.1, 0.15) is 5.75 Å². The summed E-state index contributed by atoms with van der Waals surface area (Å²) in [4.78, 5) is 24.9. The number of benzene rings is 1. The molecule has 2 heterocycles. The van der Waals surface area contributed by atoms with Gasteiger partial charge in [0.05, 0.1) is 12.1 Å². The van der Waals surface area contributed by atoms with E-state index in [1.165, 1.54) is 0 Å². The summed E-state index contributed by atoms with van der Waals surface area (Å²) in [6.07, 6.45) is 3.44. The fourth-order valence-electron chi connectivity index (χ4n) is 2.55. The molecule has 2 aromatic rings. The second kappa shape index (κ2) is 6.83. The van der Waals surface area contributed by atoms with Crippen LogP contribution in [0.1, 0.15) is 10.4 Å². The Hall–Kier alpha value is -2.34. The first-order chi connectivity index (χ1) is 11.2. The van der Waals surface area contributed by atoms with Crippen molar-refractivity contribution in [3.05, 3.63) is 47.2 Å². The standard InChI is InChI=1S/C16H17ClN4O2/c1-23-14-4-3-12(11-13(14)17)15(22)20-7-9-21(10-8-20)16-18-5-2-6-19-16/h2-6,11H,7-10H2,1H3. The summed E-state index contributed by atoms with van der Waals surface area (Å²) in [5.74, 6) is 1.24. The van der Waals surface area contributed by atoms with E-state index < -0.39 is 0 Å². The normalized spacial score (nSPS) is 14.7. The summed E-state index contributed by atoms with van der Waals surface area (Å²) in [6.45, 7) is 2.67. The summed E-state index contributed by atoms with van der Waals surface area (Å²) in [7, 11) is 1.55. The number of halogens is 1. The smallest absolute Gasteiger partial charge is 0.254 e. The highest BCUT2D eigenvalue weighted by Crippen LogP contribution is 2.25. The number of carbonyl (C=O) groups is 1. The molecule has 1 aliphatic heterocycles. The van der Waals surface area contributed by atoms with Gasteiger partial charge in [-0.2, -0.15) is 0 Å². The van der Waals surface area contributed by atoms with E-state index >= 15 is 0 Å². The third-order valence-corrected chi connectivity index (χ3v) is 4.10. The van der Waals surface area contributed by atoms with Crippen LogP contribution < -0.4 is 9.64 Å². The minimum Gasteiger partial charge on any atom is -0.495 e. The van der Waals surface area contributed by atoms with Crippen LogP contribution in [0.4, 0.5) is 5.95 Å². The number of anilines is 1. The number of hydrogen-bond acceptors (Lipinski definition) is 5. The first-order valence-electron chi connectivity index (χ1n) is 7.34. The quantitative estimate of drug-likeness (QED) is 0.861. The van der Waals surface area contributed by atoms with Crippen LogP contribution in [0.3, 0.4) is 0 Å². The molecule has 0 radical (unpaired) electrons. The van der Waals surface area contributed by atoms with Gasteiger partial charge in [-0.15, -0.1) is 0 Å². The largest absolute Gasteiger partial charge is 0.495 e. The molecule has 1 aromatic heterocycles. The zero-order valence-electron chi connectivity index (χ0n) is 12.8. The van der Waals surface area contributed by atoms with Crippen molar-refractivity contribution in [3.8, 4) is 5.75 Å². The number of piperazine rings is 1. The lowest BCUT2D eigenvalue weighted by Crippen LogP contribution is -2.49. The van der Waals surface area contributed by atoms with Gasteiger partial charge in [0.2, 0.25) is 5.95 Å². The summed E-state index contributed by atoms with van der Waals surface area (Å²) >= 11 is 6.10. The van der Waals surface area contributed by atoms with Crippen molar-refractivity contribution in [2.24, 2.45) is 0 Å². The molecule has 0 N–H and O–H groups in total. The predicted octanol–water partition coefficient (Wildman–Crippen LogP) is 2.10. The van der Waals surface area contributed by atoms with E-state index in [1.807, 2.05) is 4.90 Å². The maximum atomic E-state index is 12.6. The second-order valence-corrected chi connectivity index (χ2v) is 5.58. The predicted molar refractivity (Wildman–Crippen MR) is 88.2 cm³/mol. The molecule has 1 aromatic carbocycles. The van der Waals surface area contributed by atoms with E-state index in [0.29, 0.717) is 48.5 Å². The molecule has 0 bridgehead atoms. The van der Waals surface area contributed by atoms with Crippen LogP contribution in [-0.2, 0) is 0 Å². The average molecular weight is 333 g/mol. The van der Waals surface area contributed by atoms with Crippen LogP contribution >= 0.6 is 11.6 Å². The Morgan fingerprint density at radius 2 is 1.87 bits per heavy atom. The molecular weight excluding hydrogens is 316 g/mol. The lowest BCUT2D eigenvalue weighted by Gasteiger charge is -2.34. The highest BCUT2D eigenvalue weighted by Gasteiger charge is 2.23. The Labute approximate surface area is 139 Å². The highest BCUT2D eigenvalue weighted by atomic mass is 35.5. The molecule has 1 fully saturated rings. The monoisotopic (exact) mass is 332 g/mol. The third kappa shape index (κ3) is 3.37. The number of nitrogens with zero attached hydrogens (tertiary/aromatic N) is 4. The molecule has 1 saturated heterocycles. The SMILES string of the molecule is COc1ccc(C(=O)N2CCN(c3ncccn3)CC2)cc1Cl. The van der Waals surface area contributed by atoms with Crippen molar-refractivity contribution in [2.45, 2.75) is 0 Å². The van der Waals surface area contributed by atoms with E-state index in [-0.39, 0.29) is 5.91 Å². The fourth-order valence-corrected chi connectivity index (χ4v) is 2.80. The van der Waals surface area contributed by atoms with Crippen LogP contribution in [0.15, 0.2) is 36.7 Å². The summed E-state index contributed by atoms with van der Waals surface area (Å²) < 4.78 is 5.11. The Kier molecular flexibility index (Phi) is 4.62. The third-order valence-electron chi connectivity index (χ3n) is 3.80. The summed E-state index contributed by atoms with van der Waals surface area (Å²) in [5.41, 5.74) is 0.570. The van der Waals surface area contributed by atoms with E-state index in [0.717, 1.165) is 0 Å². The van der Waals surface area contributed by atoms with Gasteiger partial charge in [0.25, 0.3) is 5.91 Å². The van der Waals surface area contributed by atoms with Crippen molar-refractivity contribution in [2.75, 3.05) is 38.2 Å². The van der Waals surface area contributed by atoms with Gasteiger partial charge in [0.15, 0.2) is 0 Å². The van der Waals surface area contributed by atoms with E-state index in [1.54, 1.807) is 43.8 Å². The van der Waals surface area contributed by atoms with Crippen molar-refractivity contribution in [1.29, 1.82) is 0 Å². The maximum Gasteiger partial charge on any atom is 0.254 e. The van der Waals surface area contributed by atoms with Gasteiger partial charge >= 0.3 is 0 Å². The topological polar surface area (TPSA) is 58.6 Å². The van der Waals surface area contributed by atoms with Crippen LogP contribution in [0.2, 0.25) is 5.02 Å². The lowest BCUT2D eigenvalue weighted by atomic mass is 10.1. The first-order valence-corrected chi connectivity index (χ1v) is 7.71. The lowest BCUT2D eigenvalue weighted by molar-refractivity contribution is 0.0746. The molecule has 120 valence electrons. The van der Waals surface area contributed by atoms with Crippen LogP contribution in [0.5, 0.6) is 5.75 Å². The highest BCUT2D eigenvalue weighted by molar-refractivity contribution is 6.32. The fraction of sp³-hybridized carbons (Fsp3) is 0.312. The molecule has 0 saturated carbocycles. The van der Waals surface area contributed by atoms with Gasteiger partial charge < -0.3 is 14.5 Å². The number of hydrogen-bond donors (Lipinski definition) is 0. The van der Waals surface area contributed by atoms with Crippen LogP contribution in [0, 0.1) is 0 Å². The maximum absolute atomic E-state index is 12.6. The molecule has 23 heavy (non-hydrogen) atoms. The molecule has 0 aliphatic carbocycles. The van der Waals surface area contributed by atoms with Gasteiger partial charge in [0, 0.05) is 44.1 Å². The number of ether oxygens (including phenoxy) is 1. The Balaban J connectivity index is 1.65. The molecule has 0 atom stereocenters. The Morgan fingerprint density at radius 3 is 2.48 bits per heavy atom. The minimum absolute atomic E-state index is 0.0248. The van der Waals surface area contributed by atoms with Gasteiger partial charge in [-0.05, 0) is 24.3 Å². The average Bonchev–Trinajstić information content (AvgIpc) is 2.62. The molecule has 1 amide bonds. The molecule has 0 spiro atoms. The van der Waals surface area contributed by atoms with E-state index in [2.05, 4.69) is 14.9 Å². The molecular formula is C16H17ClN4O2. The van der Waals surface area contributed by atoms with Crippen LogP contribution in [0.25, 0.3) is 0 Å². The van der Waals surface area contributed by atoms with E-state index in [4.69, 9.17) is 16.3 Å². The van der Waals surface area contributed by atoms with Crippen molar-refractivity contribution < 1.29 is 9.53 Å². The molecule has 6 nitrogen and oxygen atoms in total. The summed E-state index contributed by atoms with van der Waals surface area (Å²) in [5, 5.41) is 0.440. The zero-order chi connectivity index (χ0) is 16.2. The molecule has 3 rings (SSSR count). The summed E-state index contributed by atoms with van der Waals surface area (Å²) in [6, 6.07) is 6.88.